The smallest absolute Gasteiger partial charge is 0.238 e. The summed E-state index contributed by atoms with van der Waals surface area (Å²) in [5.74, 6) is 0.0774. The molecule has 1 fully saturated rings. The number of aromatic nitrogens is 2. The van der Waals surface area contributed by atoms with E-state index in [2.05, 4.69) is 15.3 Å². The second kappa shape index (κ2) is 7.96. The number of para-hydroxylation sites is 2. The Kier molecular flexibility index (Phi) is 5.25. The highest BCUT2D eigenvalue weighted by atomic mass is 32.2. The number of fused-ring (bicyclic) bond motifs is 1. The summed E-state index contributed by atoms with van der Waals surface area (Å²) < 4.78 is 0. The lowest BCUT2D eigenvalue weighted by Gasteiger charge is -2.25. The molecule has 2 N–H and O–H groups in total. The molecule has 2 aromatic carbocycles. The van der Waals surface area contributed by atoms with E-state index < -0.39 is 0 Å². The van der Waals surface area contributed by atoms with Crippen molar-refractivity contribution in [2.24, 2.45) is 0 Å². The summed E-state index contributed by atoms with van der Waals surface area (Å²) >= 11 is 1.49. The van der Waals surface area contributed by atoms with E-state index >= 15 is 0 Å². The Bertz CT molecular complexity index is 838. The molecule has 0 unspecified atom stereocenters. The van der Waals surface area contributed by atoms with Crippen LogP contribution in [0.4, 0.5) is 0 Å². The SMILES string of the molecule is O=C(NC1CCCCC1)[C@H](Sc1nc2ccccc2[nH]1)c1ccccc1. The molecule has 0 aliphatic heterocycles. The molecule has 0 radical (unpaired) electrons. The number of benzene rings is 2. The second-order valence-corrected chi connectivity index (χ2v) is 7.91. The minimum atomic E-state index is -0.307. The Morgan fingerprint density at radius 3 is 2.54 bits per heavy atom. The van der Waals surface area contributed by atoms with Crippen molar-refractivity contribution in [3.63, 3.8) is 0 Å². The van der Waals surface area contributed by atoms with Gasteiger partial charge in [0.1, 0.15) is 5.25 Å². The maximum Gasteiger partial charge on any atom is 0.238 e. The fourth-order valence-corrected chi connectivity index (χ4v) is 4.53. The fraction of sp³-hybridized carbons (Fsp3) is 0.333. The molecule has 0 spiro atoms. The number of aromatic amines is 1. The van der Waals surface area contributed by atoms with Gasteiger partial charge in [0.2, 0.25) is 5.91 Å². The van der Waals surface area contributed by atoms with Gasteiger partial charge in [0, 0.05) is 6.04 Å². The molecule has 1 saturated carbocycles. The predicted octanol–water partition coefficient (Wildman–Crippen LogP) is 4.85. The van der Waals surface area contributed by atoms with E-state index in [4.69, 9.17) is 0 Å². The minimum absolute atomic E-state index is 0.0774. The van der Waals surface area contributed by atoms with Crippen LogP contribution in [-0.2, 0) is 4.79 Å². The van der Waals surface area contributed by atoms with E-state index in [0.29, 0.717) is 6.04 Å². The van der Waals surface area contributed by atoms with E-state index in [-0.39, 0.29) is 11.2 Å². The van der Waals surface area contributed by atoms with Crippen LogP contribution in [0.25, 0.3) is 11.0 Å². The number of hydrogen-bond donors (Lipinski definition) is 2. The van der Waals surface area contributed by atoms with Crippen molar-refractivity contribution in [1.29, 1.82) is 0 Å². The van der Waals surface area contributed by atoms with Crippen molar-refractivity contribution in [3.8, 4) is 0 Å². The first-order valence-electron chi connectivity index (χ1n) is 9.26. The number of amides is 1. The first kappa shape index (κ1) is 17.2. The number of nitrogens with zero attached hydrogens (tertiary/aromatic N) is 1. The molecule has 1 aliphatic carbocycles. The highest BCUT2D eigenvalue weighted by molar-refractivity contribution is 8.00. The number of hydrogen-bond acceptors (Lipinski definition) is 3. The van der Waals surface area contributed by atoms with Crippen LogP contribution in [0.3, 0.4) is 0 Å². The Morgan fingerprint density at radius 1 is 1.04 bits per heavy atom. The molecular weight excluding hydrogens is 342 g/mol. The van der Waals surface area contributed by atoms with Crippen molar-refractivity contribution in [1.82, 2.24) is 15.3 Å². The molecule has 1 atom stereocenters. The lowest BCUT2D eigenvalue weighted by Crippen LogP contribution is -2.38. The van der Waals surface area contributed by atoms with Gasteiger partial charge in [0.05, 0.1) is 11.0 Å². The van der Waals surface area contributed by atoms with Gasteiger partial charge in [-0.1, -0.05) is 73.5 Å². The van der Waals surface area contributed by atoms with Gasteiger partial charge in [-0.05, 0) is 30.5 Å². The maximum absolute atomic E-state index is 13.1. The second-order valence-electron chi connectivity index (χ2n) is 6.81. The van der Waals surface area contributed by atoms with E-state index in [0.717, 1.165) is 34.6 Å². The number of thioether (sulfide) groups is 1. The van der Waals surface area contributed by atoms with Gasteiger partial charge in [-0.25, -0.2) is 4.98 Å². The van der Waals surface area contributed by atoms with Crippen molar-refractivity contribution in [2.45, 2.75) is 48.6 Å². The lowest BCUT2D eigenvalue weighted by molar-refractivity contribution is -0.121. The summed E-state index contributed by atoms with van der Waals surface area (Å²) in [6.07, 6.45) is 5.86. The molecule has 134 valence electrons. The van der Waals surface area contributed by atoms with Crippen LogP contribution in [0.5, 0.6) is 0 Å². The summed E-state index contributed by atoms with van der Waals surface area (Å²) in [5, 5.41) is 3.74. The molecule has 0 bridgehead atoms. The number of carbonyl (C=O) groups excluding carboxylic acids is 1. The zero-order valence-electron chi connectivity index (χ0n) is 14.7. The summed E-state index contributed by atoms with van der Waals surface area (Å²) in [6.45, 7) is 0. The van der Waals surface area contributed by atoms with Gasteiger partial charge in [-0.3, -0.25) is 4.79 Å². The quantitative estimate of drug-likeness (QED) is 0.636. The third-order valence-electron chi connectivity index (χ3n) is 4.89. The van der Waals surface area contributed by atoms with Crippen LogP contribution in [0.2, 0.25) is 0 Å². The Hall–Kier alpha value is -2.27. The fourth-order valence-electron chi connectivity index (χ4n) is 3.52. The molecule has 1 aliphatic rings. The highest BCUT2D eigenvalue weighted by Gasteiger charge is 2.26. The summed E-state index contributed by atoms with van der Waals surface area (Å²) in [6, 6.07) is 18.2. The Morgan fingerprint density at radius 2 is 1.77 bits per heavy atom. The van der Waals surface area contributed by atoms with E-state index in [1.54, 1.807) is 0 Å². The minimum Gasteiger partial charge on any atom is -0.352 e. The molecule has 26 heavy (non-hydrogen) atoms. The van der Waals surface area contributed by atoms with Gasteiger partial charge < -0.3 is 10.3 Å². The average Bonchev–Trinajstić information content (AvgIpc) is 3.10. The number of imidazole rings is 1. The largest absolute Gasteiger partial charge is 0.352 e. The summed E-state index contributed by atoms with van der Waals surface area (Å²) in [4.78, 5) is 21.0. The van der Waals surface area contributed by atoms with Crippen LogP contribution >= 0.6 is 11.8 Å². The normalized spacial score (nSPS) is 16.5. The molecule has 1 amide bonds. The Balaban J connectivity index is 1.57. The van der Waals surface area contributed by atoms with Crippen LogP contribution in [-0.4, -0.2) is 21.9 Å². The number of nitrogens with one attached hydrogen (secondary N) is 2. The molecule has 0 saturated heterocycles. The molecule has 3 aromatic rings. The van der Waals surface area contributed by atoms with Gasteiger partial charge in [-0.15, -0.1) is 0 Å². The summed E-state index contributed by atoms with van der Waals surface area (Å²) in [5.41, 5.74) is 2.93. The first-order chi connectivity index (χ1) is 12.8. The zero-order chi connectivity index (χ0) is 17.8. The van der Waals surface area contributed by atoms with E-state index in [1.165, 1.54) is 31.0 Å². The zero-order valence-corrected chi connectivity index (χ0v) is 15.5. The van der Waals surface area contributed by atoms with Crippen molar-refractivity contribution in [3.05, 3.63) is 60.2 Å². The Labute approximate surface area is 157 Å². The molecule has 1 aromatic heterocycles. The molecule has 5 heteroatoms. The van der Waals surface area contributed by atoms with Crippen molar-refractivity contribution in [2.75, 3.05) is 0 Å². The van der Waals surface area contributed by atoms with Crippen LogP contribution in [0.15, 0.2) is 59.8 Å². The van der Waals surface area contributed by atoms with Crippen LogP contribution in [0.1, 0.15) is 42.9 Å². The molecule has 1 heterocycles. The van der Waals surface area contributed by atoms with Crippen molar-refractivity contribution < 1.29 is 4.79 Å². The lowest BCUT2D eigenvalue weighted by atomic mass is 9.95. The standard InChI is InChI=1S/C21H23N3OS/c25-20(22-16-11-5-2-6-12-16)19(15-9-3-1-4-10-15)26-21-23-17-13-7-8-14-18(17)24-21/h1,3-4,7-10,13-14,16,19H,2,5-6,11-12H2,(H,22,25)(H,23,24)/t19-/m1/s1. The van der Waals surface area contributed by atoms with Crippen molar-refractivity contribution >= 4 is 28.7 Å². The van der Waals surface area contributed by atoms with Gasteiger partial charge in [-0.2, -0.15) is 0 Å². The highest BCUT2D eigenvalue weighted by Crippen LogP contribution is 2.35. The molecule has 4 rings (SSSR count). The molecule has 4 nitrogen and oxygen atoms in total. The predicted molar refractivity (Wildman–Crippen MR) is 106 cm³/mol. The topological polar surface area (TPSA) is 57.8 Å². The third kappa shape index (κ3) is 3.93. The number of H-pyrrole nitrogens is 1. The van der Waals surface area contributed by atoms with Gasteiger partial charge >= 0.3 is 0 Å². The summed E-state index contributed by atoms with van der Waals surface area (Å²) in [7, 11) is 0. The monoisotopic (exact) mass is 365 g/mol. The number of rotatable bonds is 5. The number of carbonyl (C=O) groups is 1. The average molecular weight is 366 g/mol. The van der Waals surface area contributed by atoms with Gasteiger partial charge in [0.15, 0.2) is 5.16 Å². The van der Waals surface area contributed by atoms with E-state index in [9.17, 15) is 4.79 Å². The van der Waals surface area contributed by atoms with Crippen LogP contribution in [0, 0.1) is 0 Å². The first-order valence-corrected chi connectivity index (χ1v) is 10.1. The van der Waals surface area contributed by atoms with Gasteiger partial charge in [0.25, 0.3) is 0 Å². The third-order valence-corrected chi connectivity index (χ3v) is 6.03. The van der Waals surface area contributed by atoms with E-state index in [1.807, 2.05) is 54.6 Å². The maximum atomic E-state index is 13.1. The van der Waals surface area contributed by atoms with Crippen LogP contribution < -0.4 is 5.32 Å². The molecular formula is C21H23N3OS.